The molecule has 11 aromatic rings. The first-order valence-electron chi connectivity index (χ1n) is 18.0. The molecular formula is C49H29N3OS. The Hall–Kier alpha value is -6.95. The van der Waals surface area contributed by atoms with E-state index in [1.54, 1.807) is 11.3 Å². The van der Waals surface area contributed by atoms with Gasteiger partial charge in [0, 0.05) is 42.1 Å². The van der Waals surface area contributed by atoms with E-state index in [1.165, 1.54) is 42.2 Å². The molecule has 0 fully saturated rings. The summed E-state index contributed by atoms with van der Waals surface area (Å²) in [7, 11) is 0. The topological polar surface area (TPSA) is 51.8 Å². The summed E-state index contributed by atoms with van der Waals surface area (Å²) in [6, 6.07) is 61.7. The summed E-state index contributed by atoms with van der Waals surface area (Å²) in [6.45, 7) is 0. The van der Waals surface area contributed by atoms with Gasteiger partial charge in [0.1, 0.15) is 11.2 Å². The van der Waals surface area contributed by atoms with Crippen LogP contribution < -0.4 is 0 Å². The second-order valence-corrected chi connectivity index (χ2v) is 14.6. The highest BCUT2D eigenvalue weighted by molar-refractivity contribution is 7.26. The minimum Gasteiger partial charge on any atom is -0.455 e. The van der Waals surface area contributed by atoms with Crippen LogP contribution in [0.5, 0.6) is 0 Å². The third kappa shape index (κ3) is 5.01. The molecule has 4 nitrogen and oxygen atoms in total. The molecule has 0 aliphatic rings. The van der Waals surface area contributed by atoms with Crippen molar-refractivity contribution in [3.8, 4) is 56.4 Å². The Kier molecular flexibility index (Phi) is 7.00. The normalized spacial score (nSPS) is 11.7. The zero-order chi connectivity index (χ0) is 35.6. The molecule has 54 heavy (non-hydrogen) atoms. The van der Waals surface area contributed by atoms with E-state index in [0.29, 0.717) is 17.5 Å². The van der Waals surface area contributed by atoms with Gasteiger partial charge in [-0.1, -0.05) is 140 Å². The molecule has 0 aliphatic heterocycles. The Morgan fingerprint density at radius 1 is 0.370 bits per heavy atom. The molecule has 3 heterocycles. The maximum atomic E-state index is 6.46. The van der Waals surface area contributed by atoms with Gasteiger partial charge < -0.3 is 4.42 Å². The largest absolute Gasteiger partial charge is 0.455 e. The van der Waals surface area contributed by atoms with Gasteiger partial charge in [0.05, 0.1) is 5.56 Å². The third-order valence-electron chi connectivity index (χ3n) is 10.3. The number of hydrogen-bond donors (Lipinski definition) is 0. The monoisotopic (exact) mass is 707 g/mol. The molecule has 0 spiro atoms. The maximum Gasteiger partial charge on any atom is 0.167 e. The van der Waals surface area contributed by atoms with Gasteiger partial charge >= 0.3 is 0 Å². The van der Waals surface area contributed by atoms with E-state index in [-0.39, 0.29) is 0 Å². The van der Waals surface area contributed by atoms with Crippen LogP contribution in [0.15, 0.2) is 180 Å². The standard InChI is InChI=1S/C49H29N3OS/c1-2-13-31(14-3-1)47-50-48(52-49(51-47)40-23-10-21-38-37-19-6-7-24-42(37)53-46(38)40)39-22-11-25-44-45(39)41-29-33(26-27-43(41)54-44)32-16-8-17-34(28-32)36-20-9-15-30-12-4-5-18-35(30)36/h1-29H. The van der Waals surface area contributed by atoms with Crippen molar-refractivity contribution >= 4 is 64.2 Å². The smallest absolute Gasteiger partial charge is 0.167 e. The molecule has 0 aliphatic carbocycles. The Bertz CT molecular complexity index is 3230. The van der Waals surface area contributed by atoms with Crippen LogP contribution in [0.3, 0.4) is 0 Å². The van der Waals surface area contributed by atoms with E-state index >= 15 is 0 Å². The Labute approximate surface area is 314 Å². The summed E-state index contributed by atoms with van der Waals surface area (Å²) >= 11 is 1.80. The van der Waals surface area contributed by atoms with Crippen molar-refractivity contribution < 1.29 is 4.42 Å². The fourth-order valence-electron chi connectivity index (χ4n) is 7.79. The van der Waals surface area contributed by atoms with Crippen LogP contribution in [0.25, 0.3) is 109 Å². The van der Waals surface area contributed by atoms with E-state index in [9.17, 15) is 0 Å². The first-order valence-corrected chi connectivity index (χ1v) is 18.8. The molecule has 0 saturated heterocycles. The van der Waals surface area contributed by atoms with Gasteiger partial charge in [0.2, 0.25) is 0 Å². The van der Waals surface area contributed by atoms with E-state index in [4.69, 9.17) is 19.4 Å². The van der Waals surface area contributed by atoms with Crippen molar-refractivity contribution in [3.05, 3.63) is 176 Å². The Morgan fingerprint density at radius 3 is 1.93 bits per heavy atom. The average molecular weight is 708 g/mol. The minimum atomic E-state index is 0.575. The number of benzene rings is 8. The van der Waals surface area contributed by atoms with Crippen LogP contribution in [0.1, 0.15) is 0 Å². The van der Waals surface area contributed by atoms with Gasteiger partial charge in [-0.25, -0.2) is 15.0 Å². The Morgan fingerprint density at radius 2 is 1.00 bits per heavy atom. The summed E-state index contributed by atoms with van der Waals surface area (Å²) in [5.41, 5.74) is 9.11. The maximum absolute atomic E-state index is 6.46. The zero-order valence-corrected chi connectivity index (χ0v) is 29.7. The summed E-state index contributed by atoms with van der Waals surface area (Å²) in [6.07, 6.45) is 0. The predicted octanol–water partition coefficient (Wildman–Crippen LogP) is 13.6. The molecule has 0 atom stereocenters. The highest BCUT2D eigenvalue weighted by atomic mass is 32.1. The zero-order valence-electron chi connectivity index (χ0n) is 28.9. The first-order chi connectivity index (χ1) is 26.7. The summed E-state index contributed by atoms with van der Waals surface area (Å²) in [4.78, 5) is 15.5. The Balaban J connectivity index is 1.10. The summed E-state index contributed by atoms with van der Waals surface area (Å²) in [5.74, 6) is 1.82. The number of aromatic nitrogens is 3. The molecule has 0 N–H and O–H groups in total. The molecule has 8 aromatic carbocycles. The lowest BCUT2D eigenvalue weighted by molar-refractivity contribution is 0.669. The SMILES string of the molecule is c1ccc(-c2nc(-c3cccc4c3oc3ccccc34)nc(-c3cccc4sc5ccc(-c6cccc(-c7cccc8ccccc78)c6)cc5c34)n2)cc1. The molecule has 0 bridgehead atoms. The highest BCUT2D eigenvalue weighted by Crippen LogP contribution is 2.42. The van der Waals surface area contributed by atoms with Gasteiger partial charge in [0.25, 0.3) is 0 Å². The van der Waals surface area contributed by atoms with E-state index in [0.717, 1.165) is 49.6 Å². The number of hydrogen-bond acceptors (Lipinski definition) is 5. The lowest BCUT2D eigenvalue weighted by Gasteiger charge is -2.11. The number of nitrogens with zero attached hydrogens (tertiary/aromatic N) is 3. The van der Waals surface area contributed by atoms with Gasteiger partial charge in [-0.2, -0.15) is 0 Å². The van der Waals surface area contributed by atoms with Gasteiger partial charge in [0.15, 0.2) is 17.5 Å². The van der Waals surface area contributed by atoms with Crippen LogP contribution in [0.4, 0.5) is 0 Å². The number of thiophene rings is 1. The van der Waals surface area contributed by atoms with Gasteiger partial charge in [-0.15, -0.1) is 11.3 Å². The molecule has 0 radical (unpaired) electrons. The summed E-state index contributed by atoms with van der Waals surface area (Å²) in [5, 5.41) is 6.92. The third-order valence-corrected chi connectivity index (χ3v) is 11.5. The molecule has 11 rings (SSSR count). The van der Waals surface area contributed by atoms with E-state index in [2.05, 4.69) is 121 Å². The van der Waals surface area contributed by atoms with Crippen LogP contribution in [0.2, 0.25) is 0 Å². The quantitative estimate of drug-likeness (QED) is 0.179. The molecule has 0 unspecified atom stereocenters. The second kappa shape index (κ2) is 12.3. The predicted molar refractivity (Wildman–Crippen MR) is 225 cm³/mol. The number of rotatable bonds is 5. The van der Waals surface area contributed by atoms with Crippen LogP contribution in [-0.2, 0) is 0 Å². The minimum absolute atomic E-state index is 0.575. The van der Waals surface area contributed by atoms with Gasteiger partial charge in [-0.3, -0.25) is 0 Å². The van der Waals surface area contributed by atoms with E-state index in [1.807, 2.05) is 54.6 Å². The van der Waals surface area contributed by atoms with Crippen LogP contribution in [-0.4, -0.2) is 15.0 Å². The molecule has 0 saturated carbocycles. The molecule has 5 heteroatoms. The fraction of sp³-hybridized carbons (Fsp3) is 0. The first kappa shape index (κ1) is 30.7. The van der Waals surface area contributed by atoms with Crippen molar-refractivity contribution in [2.24, 2.45) is 0 Å². The summed E-state index contributed by atoms with van der Waals surface area (Å²) < 4.78 is 8.86. The fourth-order valence-corrected chi connectivity index (χ4v) is 8.91. The highest BCUT2D eigenvalue weighted by Gasteiger charge is 2.20. The molecule has 0 amide bonds. The van der Waals surface area contributed by atoms with Gasteiger partial charge in [-0.05, 0) is 69.4 Å². The van der Waals surface area contributed by atoms with Crippen molar-refractivity contribution in [3.63, 3.8) is 0 Å². The lowest BCUT2D eigenvalue weighted by Crippen LogP contribution is -2.00. The number of fused-ring (bicyclic) bond motifs is 7. The number of furan rings is 1. The molecular weight excluding hydrogens is 679 g/mol. The van der Waals surface area contributed by atoms with E-state index < -0.39 is 0 Å². The average Bonchev–Trinajstić information content (AvgIpc) is 3.82. The molecule has 3 aromatic heterocycles. The lowest BCUT2D eigenvalue weighted by atomic mass is 9.94. The van der Waals surface area contributed by atoms with Crippen molar-refractivity contribution in [2.45, 2.75) is 0 Å². The second-order valence-electron chi connectivity index (χ2n) is 13.6. The van der Waals surface area contributed by atoms with Crippen LogP contribution in [0, 0.1) is 0 Å². The van der Waals surface area contributed by atoms with Crippen molar-refractivity contribution in [1.82, 2.24) is 15.0 Å². The molecule has 252 valence electrons. The van der Waals surface area contributed by atoms with Crippen molar-refractivity contribution in [1.29, 1.82) is 0 Å². The van der Waals surface area contributed by atoms with Crippen molar-refractivity contribution in [2.75, 3.05) is 0 Å². The van der Waals surface area contributed by atoms with Crippen LogP contribution >= 0.6 is 11.3 Å². The number of para-hydroxylation sites is 2.